The standard InChI is InChI=1S/C24H30/c1-18(2)4-7-20-8-12-22(13-9-20)24-16-14-23(15-17-24)21-10-5-19(3)6-11-21/h8-10,12-19H,4-7,11H2,1-3H3. The average Bonchev–Trinajstić information content (AvgIpc) is 2.61. The van der Waals surface area contributed by atoms with Crippen LogP contribution in [0.25, 0.3) is 16.7 Å². The van der Waals surface area contributed by atoms with E-state index in [-0.39, 0.29) is 0 Å². The summed E-state index contributed by atoms with van der Waals surface area (Å²) in [4.78, 5) is 0. The maximum absolute atomic E-state index is 2.44. The fourth-order valence-corrected chi connectivity index (χ4v) is 3.42. The van der Waals surface area contributed by atoms with E-state index in [1.54, 1.807) is 0 Å². The molecule has 0 N–H and O–H groups in total. The number of hydrogen-bond acceptors (Lipinski definition) is 0. The van der Waals surface area contributed by atoms with Crippen LogP contribution in [0.5, 0.6) is 0 Å². The Labute approximate surface area is 147 Å². The first-order valence-electron chi connectivity index (χ1n) is 9.50. The van der Waals surface area contributed by atoms with Crippen LogP contribution in [0, 0.1) is 11.8 Å². The van der Waals surface area contributed by atoms with E-state index in [1.807, 2.05) is 0 Å². The molecule has 0 heteroatoms. The maximum atomic E-state index is 2.44. The van der Waals surface area contributed by atoms with Crippen LogP contribution < -0.4 is 0 Å². The van der Waals surface area contributed by atoms with Crippen molar-refractivity contribution >= 4 is 5.57 Å². The van der Waals surface area contributed by atoms with E-state index in [9.17, 15) is 0 Å². The Balaban J connectivity index is 1.69. The Hall–Kier alpha value is -1.82. The molecule has 1 aliphatic carbocycles. The minimum atomic E-state index is 0.773. The molecule has 1 atom stereocenters. The predicted molar refractivity (Wildman–Crippen MR) is 106 cm³/mol. The molecule has 0 nitrogen and oxygen atoms in total. The molecule has 1 unspecified atom stereocenters. The second-order valence-corrected chi connectivity index (χ2v) is 7.82. The van der Waals surface area contributed by atoms with Crippen molar-refractivity contribution in [1.82, 2.24) is 0 Å². The van der Waals surface area contributed by atoms with Crippen LogP contribution in [0.4, 0.5) is 0 Å². The molecule has 0 aromatic heterocycles. The molecule has 126 valence electrons. The van der Waals surface area contributed by atoms with Crippen molar-refractivity contribution in [3.8, 4) is 11.1 Å². The summed E-state index contributed by atoms with van der Waals surface area (Å²) in [5, 5.41) is 0. The van der Waals surface area contributed by atoms with Crippen LogP contribution in [-0.2, 0) is 6.42 Å². The fourth-order valence-electron chi connectivity index (χ4n) is 3.42. The zero-order valence-corrected chi connectivity index (χ0v) is 15.4. The highest BCUT2D eigenvalue weighted by Gasteiger charge is 2.11. The molecule has 2 aromatic carbocycles. The SMILES string of the molecule is CC(C)CCc1ccc(-c2ccc(C3=CCC(C)CC3)cc2)cc1. The van der Waals surface area contributed by atoms with Crippen molar-refractivity contribution in [2.45, 2.75) is 52.9 Å². The zero-order valence-electron chi connectivity index (χ0n) is 15.4. The molecule has 0 aliphatic heterocycles. The van der Waals surface area contributed by atoms with E-state index < -0.39 is 0 Å². The van der Waals surface area contributed by atoms with Crippen LogP contribution in [0.3, 0.4) is 0 Å². The predicted octanol–water partition coefficient (Wildman–Crippen LogP) is 7.15. The topological polar surface area (TPSA) is 0 Å². The van der Waals surface area contributed by atoms with E-state index in [2.05, 4.69) is 75.4 Å². The van der Waals surface area contributed by atoms with Gasteiger partial charge in [0, 0.05) is 0 Å². The van der Waals surface area contributed by atoms with Gasteiger partial charge in [-0.2, -0.15) is 0 Å². The normalized spacial score (nSPS) is 17.8. The minimum absolute atomic E-state index is 0.773. The Morgan fingerprint density at radius 2 is 1.46 bits per heavy atom. The molecular weight excluding hydrogens is 288 g/mol. The van der Waals surface area contributed by atoms with Gasteiger partial charge in [-0.1, -0.05) is 75.4 Å². The maximum Gasteiger partial charge on any atom is -0.0184 e. The smallest absolute Gasteiger partial charge is 0.0184 e. The number of allylic oxidation sites excluding steroid dienone is 2. The van der Waals surface area contributed by atoms with E-state index in [1.165, 1.54) is 59.9 Å². The Kier molecular flexibility index (Phi) is 5.56. The Bertz CT molecular complexity index is 671. The third-order valence-electron chi connectivity index (χ3n) is 5.23. The van der Waals surface area contributed by atoms with Gasteiger partial charge in [0.05, 0.1) is 0 Å². The summed E-state index contributed by atoms with van der Waals surface area (Å²) >= 11 is 0. The van der Waals surface area contributed by atoms with Crippen molar-refractivity contribution in [3.63, 3.8) is 0 Å². The van der Waals surface area contributed by atoms with Gasteiger partial charge in [-0.3, -0.25) is 0 Å². The average molecular weight is 319 g/mol. The Morgan fingerprint density at radius 3 is 2.00 bits per heavy atom. The van der Waals surface area contributed by atoms with E-state index in [4.69, 9.17) is 0 Å². The highest BCUT2D eigenvalue weighted by atomic mass is 14.2. The minimum Gasteiger partial charge on any atom is -0.0805 e. The van der Waals surface area contributed by atoms with Crippen LogP contribution in [0.1, 0.15) is 57.6 Å². The summed E-state index contributed by atoms with van der Waals surface area (Å²) in [7, 11) is 0. The lowest BCUT2D eigenvalue weighted by molar-refractivity contribution is 0.534. The summed E-state index contributed by atoms with van der Waals surface area (Å²) in [5.41, 5.74) is 7.02. The van der Waals surface area contributed by atoms with Gasteiger partial charge >= 0.3 is 0 Å². The molecule has 0 heterocycles. The summed E-state index contributed by atoms with van der Waals surface area (Å²) in [5.74, 6) is 1.62. The number of benzene rings is 2. The van der Waals surface area contributed by atoms with Crippen LogP contribution >= 0.6 is 0 Å². The van der Waals surface area contributed by atoms with Gasteiger partial charge < -0.3 is 0 Å². The second kappa shape index (κ2) is 7.83. The molecule has 24 heavy (non-hydrogen) atoms. The molecule has 3 rings (SSSR count). The highest BCUT2D eigenvalue weighted by Crippen LogP contribution is 2.31. The number of aryl methyl sites for hydroxylation is 1. The van der Waals surface area contributed by atoms with Gasteiger partial charge in [0.2, 0.25) is 0 Å². The van der Waals surface area contributed by atoms with Crippen molar-refractivity contribution in [2.75, 3.05) is 0 Å². The molecule has 0 bridgehead atoms. The summed E-state index contributed by atoms with van der Waals surface area (Å²) in [6.45, 7) is 6.93. The number of rotatable bonds is 5. The molecule has 0 saturated carbocycles. The molecular formula is C24H30. The molecule has 0 amide bonds. The highest BCUT2D eigenvalue weighted by molar-refractivity contribution is 5.71. The second-order valence-electron chi connectivity index (χ2n) is 7.82. The van der Waals surface area contributed by atoms with E-state index in [0.717, 1.165) is 11.8 Å². The first-order chi connectivity index (χ1) is 11.6. The van der Waals surface area contributed by atoms with Gasteiger partial charge in [0.15, 0.2) is 0 Å². The summed E-state index contributed by atoms with van der Waals surface area (Å²) < 4.78 is 0. The van der Waals surface area contributed by atoms with Crippen molar-refractivity contribution in [2.24, 2.45) is 11.8 Å². The molecule has 0 fully saturated rings. The lowest BCUT2D eigenvalue weighted by Gasteiger charge is -2.18. The molecule has 0 saturated heterocycles. The zero-order chi connectivity index (χ0) is 16.9. The molecule has 1 aliphatic rings. The van der Waals surface area contributed by atoms with E-state index >= 15 is 0 Å². The van der Waals surface area contributed by atoms with Gasteiger partial charge in [0.25, 0.3) is 0 Å². The van der Waals surface area contributed by atoms with Gasteiger partial charge in [-0.15, -0.1) is 0 Å². The third kappa shape index (κ3) is 4.38. The first-order valence-corrected chi connectivity index (χ1v) is 9.50. The third-order valence-corrected chi connectivity index (χ3v) is 5.23. The first kappa shape index (κ1) is 17.0. The van der Waals surface area contributed by atoms with Crippen LogP contribution in [0.2, 0.25) is 0 Å². The summed E-state index contributed by atoms with van der Waals surface area (Å²) in [6, 6.07) is 18.3. The fraction of sp³-hybridized carbons (Fsp3) is 0.417. The van der Waals surface area contributed by atoms with Gasteiger partial charge in [-0.25, -0.2) is 0 Å². The molecule has 0 radical (unpaired) electrons. The lowest BCUT2D eigenvalue weighted by atomic mass is 9.87. The largest absolute Gasteiger partial charge is 0.0805 e. The quantitative estimate of drug-likeness (QED) is 0.549. The molecule has 2 aromatic rings. The monoisotopic (exact) mass is 318 g/mol. The Morgan fingerprint density at radius 1 is 0.875 bits per heavy atom. The number of hydrogen-bond donors (Lipinski definition) is 0. The van der Waals surface area contributed by atoms with Gasteiger partial charge in [0.1, 0.15) is 0 Å². The van der Waals surface area contributed by atoms with Crippen LogP contribution in [0.15, 0.2) is 54.6 Å². The lowest BCUT2D eigenvalue weighted by Crippen LogP contribution is -2.00. The van der Waals surface area contributed by atoms with E-state index in [0.29, 0.717) is 0 Å². The summed E-state index contributed by atoms with van der Waals surface area (Å²) in [6.07, 6.45) is 8.67. The van der Waals surface area contributed by atoms with Crippen molar-refractivity contribution in [1.29, 1.82) is 0 Å². The van der Waals surface area contributed by atoms with Crippen LogP contribution in [-0.4, -0.2) is 0 Å². The molecule has 0 spiro atoms. The van der Waals surface area contributed by atoms with Crippen molar-refractivity contribution < 1.29 is 0 Å². The van der Waals surface area contributed by atoms with Gasteiger partial charge in [-0.05, 0) is 71.8 Å². The van der Waals surface area contributed by atoms with Crippen molar-refractivity contribution in [3.05, 3.63) is 65.7 Å².